The molecule has 0 heterocycles. The molecule has 0 aromatic heterocycles. The summed E-state index contributed by atoms with van der Waals surface area (Å²) < 4.78 is 20.8. The van der Waals surface area contributed by atoms with Crippen molar-refractivity contribution in [3.8, 4) is 16.9 Å². The van der Waals surface area contributed by atoms with Crippen molar-refractivity contribution in [2.24, 2.45) is 0 Å². The van der Waals surface area contributed by atoms with Gasteiger partial charge in [-0.15, -0.1) is 0 Å². The van der Waals surface area contributed by atoms with Crippen molar-refractivity contribution in [2.75, 3.05) is 36.2 Å². The number of para-hydroxylation sites is 2. The molecule has 0 unspecified atom stereocenters. The molecule has 0 bridgehead atoms. The third kappa shape index (κ3) is 9.44. The van der Waals surface area contributed by atoms with Gasteiger partial charge in [0.2, 0.25) is 0 Å². The van der Waals surface area contributed by atoms with Crippen molar-refractivity contribution in [1.82, 2.24) is 0 Å². The SMILES string of the molecule is CC(=O)OCCOCCOC(=O)Oc1cccc(N(c2ccccc2)c2ccc(-c3ccc(N(c4ccccc4)c4cccc(C)c4)cc3)cc2)c1. The zero-order chi connectivity index (χ0) is 36.1. The third-order valence-electron chi connectivity index (χ3n) is 8.13. The van der Waals surface area contributed by atoms with Crippen LogP contribution in [0.1, 0.15) is 12.5 Å². The van der Waals surface area contributed by atoms with Gasteiger partial charge >= 0.3 is 12.1 Å². The molecular weight excluding hydrogens is 652 g/mol. The monoisotopic (exact) mass is 692 g/mol. The highest BCUT2D eigenvalue weighted by atomic mass is 16.7. The van der Waals surface area contributed by atoms with Gasteiger partial charge in [-0.1, -0.05) is 78.9 Å². The molecule has 0 saturated carbocycles. The Balaban J connectivity index is 1.17. The Morgan fingerprint density at radius 1 is 0.481 bits per heavy atom. The average Bonchev–Trinajstić information content (AvgIpc) is 3.16. The molecule has 0 N–H and O–H groups in total. The molecule has 0 aliphatic carbocycles. The predicted molar refractivity (Wildman–Crippen MR) is 205 cm³/mol. The lowest BCUT2D eigenvalue weighted by Crippen LogP contribution is -2.16. The maximum absolute atomic E-state index is 12.4. The van der Waals surface area contributed by atoms with E-state index in [1.165, 1.54) is 12.5 Å². The minimum atomic E-state index is -0.840. The lowest BCUT2D eigenvalue weighted by Gasteiger charge is -2.26. The normalized spacial score (nSPS) is 10.7. The van der Waals surface area contributed by atoms with Crippen molar-refractivity contribution in [1.29, 1.82) is 0 Å². The molecule has 52 heavy (non-hydrogen) atoms. The molecule has 6 rings (SSSR count). The molecule has 8 nitrogen and oxygen atoms in total. The molecule has 0 aliphatic rings. The molecule has 6 aromatic rings. The Morgan fingerprint density at radius 2 is 0.942 bits per heavy atom. The van der Waals surface area contributed by atoms with Crippen LogP contribution in [0, 0.1) is 6.92 Å². The number of carbonyl (C=O) groups excluding carboxylic acids is 2. The van der Waals surface area contributed by atoms with E-state index in [0.717, 1.165) is 45.3 Å². The summed E-state index contributed by atoms with van der Waals surface area (Å²) in [4.78, 5) is 27.6. The minimum Gasteiger partial charge on any atom is -0.463 e. The third-order valence-corrected chi connectivity index (χ3v) is 8.13. The lowest BCUT2D eigenvalue weighted by molar-refractivity contribution is -0.142. The molecule has 0 saturated heterocycles. The minimum absolute atomic E-state index is 0.00180. The Morgan fingerprint density at radius 3 is 1.46 bits per heavy atom. The van der Waals surface area contributed by atoms with Gasteiger partial charge in [0.1, 0.15) is 19.0 Å². The summed E-state index contributed by atoms with van der Waals surface area (Å²) in [6.07, 6.45) is -0.840. The average molecular weight is 693 g/mol. The fourth-order valence-corrected chi connectivity index (χ4v) is 5.76. The molecule has 0 radical (unpaired) electrons. The van der Waals surface area contributed by atoms with Crippen LogP contribution in [0.4, 0.5) is 38.9 Å². The maximum Gasteiger partial charge on any atom is 0.513 e. The molecule has 0 fully saturated rings. The van der Waals surface area contributed by atoms with Crippen LogP contribution >= 0.6 is 0 Å². The fraction of sp³-hybridized carbons (Fsp3) is 0.136. The summed E-state index contributed by atoms with van der Waals surface area (Å²) in [6.45, 7) is 3.95. The van der Waals surface area contributed by atoms with Crippen LogP contribution in [-0.4, -0.2) is 38.6 Å². The number of hydrogen-bond donors (Lipinski definition) is 0. The highest BCUT2D eigenvalue weighted by molar-refractivity contribution is 5.81. The molecule has 0 amide bonds. The van der Waals surface area contributed by atoms with E-state index in [1.807, 2.05) is 48.5 Å². The van der Waals surface area contributed by atoms with Crippen molar-refractivity contribution in [3.63, 3.8) is 0 Å². The van der Waals surface area contributed by atoms with Crippen LogP contribution in [0.2, 0.25) is 0 Å². The molecule has 0 spiro atoms. The Labute approximate surface area is 304 Å². The van der Waals surface area contributed by atoms with E-state index in [1.54, 1.807) is 12.1 Å². The van der Waals surface area contributed by atoms with E-state index in [2.05, 4.69) is 114 Å². The molecule has 0 aliphatic heterocycles. The quantitative estimate of drug-likeness (QED) is 0.0634. The highest BCUT2D eigenvalue weighted by Crippen LogP contribution is 2.38. The maximum atomic E-state index is 12.4. The summed E-state index contributed by atoms with van der Waals surface area (Å²) >= 11 is 0. The number of nitrogens with zero attached hydrogens (tertiary/aromatic N) is 2. The van der Waals surface area contributed by atoms with Gasteiger partial charge in [-0.3, -0.25) is 4.79 Å². The molecule has 6 aromatic carbocycles. The van der Waals surface area contributed by atoms with Gasteiger partial charge in [0, 0.05) is 47.1 Å². The number of rotatable bonds is 14. The first kappa shape index (κ1) is 35.4. The summed E-state index contributed by atoms with van der Waals surface area (Å²) in [7, 11) is 0. The van der Waals surface area contributed by atoms with Crippen LogP contribution in [-0.2, 0) is 19.0 Å². The predicted octanol–water partition coefficient (Wildman–Crippen LogP) is 10.7. The van der Waals surface area contributed by atoms with E-state index in [0.29, 0.717) is 5.75 Å². The zero-order valence-corrected chi connectivity index (χ0v) is 29.2. The first-order valence-corrected chi connectivity index (χ1v) is 17.1. The largest absolute Gasteiger partial charge is 0.513 e. The standard InChI is InChI=1S/C44H40N2O6/c1-33-11-9-16-41(31-33)45(37-12-5-3-6-13-37)39-23-19-35(20-24-39)36-21-25-40(26-22-36)46(38-14-7-4-8-15-38)42-17-10-18-43(32-42)52-44(48)51-30-28-49-27-29-50-34(2)47/h3-26,31-32H,27-30H2,1-2H3. The second kappa shape index (κ2) is 17.5. The number of hydrogen-bond acceptors (Lipinski definition) is 8. The van der Waals surface area contributed by atoms with Gasteiger partial charge in [-0.05, 0) is 96.4 Å². The summed E-state index contributed by atoms with van der Waals surface area (Å²) in [5.74, 6) is -0.0357. The van der Waals surface area contributed by atoms with Crippen molar-refractivity contribution >= 4 is 46.2 Å². The van der Waals surface area contributed by atoms with Gasteiger partial charge in [-0.2, -0.15) is 0 Å². The van der Waals surface area contributed by atoms with Crippen molar-refractivity contribution in [3.05, 3.63) is 163 Å². The summed E-state index contributed by atoms with van der Waals surface area (Å²) in [6, 6.07) is 53.2. The van der Waals surface area contributed by atoms with Crippen molar-refractivity contribution in [2.45, 2.75) is 13.8 Å². The van der Waals surface area contributed by atoms with E-state index in [9.17, 15) is 9.59 Å². The molecule has 262 valence electrons. The second-order valence-electron chi connectivity index (χ2n) is 11.9. The Kier molecular flexibility index (Phi) is 11.9. The summed E-state index contributed by atoms with van der Waals surface area (Å²) in [5, 5.41) is 0. The lowest BCUT2D eigenvalue weighted by atomic mass is 10.0. The van der Waals surface area contributed by atoms with Gasteiger partial charge in [0.05, 0.1) is 13.2 Å². The van der Waals surface area contributed by atoms with Crippen LogP contribution in [0.15, 0.2) is 158 Å². The number of esters is 1. The van der Waals surface area contributed by atoms with Crippen LogP contribution in [0.5, 0.6) is 5.75 Å². The van der Waals surface area contributed by atoms with Crippen LogP contribution < -0.4 is 14.5 Å². The second-order valence-corrected chi connectivity index (χ2v) is 11.9. The van der Waals surface area contributed by atoms with E-state index >= 15 is 0 Å². The number of benzene rings is 6. The van der Waals surface area contributed by atoms with Gasteiger partial charge in [0.15, 0.2) is 0 Å². The smallest absolute Gasteiger partial charge is 0.463 e. The molecule has 8 heteroatoms. The first-order chi connectivity index (χ1) is 25.4. The molecule has 0 atom stereocenters. The zero-order valence-electron chi connectivity index (χ0n) is 29.2. The van der Waals surface area contributed by atoms with Crippen LogP contribution in [0.3, 0.4) is 0 Å². The number of aryl methyl sites for hydroxylation is 1. The fourth-order valence-electron chi connectivity index (χ4n) is 5.76. The Hall–Kier alpha value is -6.38. The van der Waals surface area contributed by atoms with Crippen LogP contribution in [0.25, 0.3) is 11.1 Å². The topological polar surface area (TPSA) is 77.5 Å². The number of carbonyl (C=O) groups is 2. The summed E-state index contributed by atoms with van der Waals surface area (Å²) in [5.41, 5.74) is 9.35. The van der Waals surface area contributed by atoms with E-state index in [4.69, 9.17) is 18.9 Å². The molecular formula is C44H40N2O6. The van der Waals surface area contributed by atoms with Crippen molar-refractivity contribution < 1.29 is 28.5 Å². The van der Waals surface area contributed by atoms with Gasteiger partial charge < -0.3 is 28.7 Å². The first-order valence-electron chi connectivity index (χ1n) is 17.1. The number of anilines is 6. The van der Waals surface area contributed by atoms with Gasteiger partial charge in [-0.25, -0.2) is 4.79 Å². The van der Waals surface area contributed by atoms with E-state index in [-0.39, 0.29) is 32.4 Å². The Bertz CT molecular complexity index is 2050. The number of ether oxygens (including phenoxy) is 4. The highest BCUT2D eigenvalue weighted by Gasteiger charge is 2.16. The van der Waals surface area contributed by atoms with Gasteiger partial charge in [0.25, 0.3) is 0 Å². The van der Waals surface area contributed by atoms with E-state index < -0.39 is 6.16 Å².